The fourth-order valence-corrected chi connectivity index (χ4v) is 3.18. The van der Waals surface area contributed by atoms with Crippen molar-refractivity contribution in [2.75, 3.05) is 13.7 Å². The summed E-state index contributed by atoms with van der Waals surface area (Å²) in [7, 11) is 1.60. The maximum atomic E-state index is 12.3. The van der Waals surface area contributed by atoms with E-state index in [2.05, 4.69) is 10.3 Å². The molecular formula is C24H25N3O4. The van der Waals surface area contributed by atoms with E-state index in [-0.39, 0.29) is 12.3 Å². The Bertz CT molecular complexity index is 1030. The minimum atomic E-state index is -1.05. The Morgan fingerprint density at radius 1 is 1.06 bits per heavy atom. The molecule has 2 aromatic carbocycles. The summed E-state index contributed by atoms with van der Waals surface area (Å²) in [6, 6.07) is 17.7. The molecule has 3 rings (SSSR count). The molecule has 0 aliphatic heterocycles. The number of nitrogens with zero attached hydrogens (tertiary/aromatic N) is 1. The molecule has 7 nitrogen and oxygen atoms in total. The molecule has 0 aliphatic rings. The maximum Gasteiger partial charge on any atom is 0.320 e. The second-order valence-corrected chi connectivity index (χ2v) is 7.11. The van der Waals surface area contributed by atoms with Gasteiger partial charge in [-0.1, -0.05) is 36.4 Å². The van der Waals surface area contributed by atoms with Crippen LogP contribution in [-0.4, -0.2) is 41.7 Å². The van der Waals surface area contributed by atoms with Gasteiger partial charge in [-0.2, -0.15) is 0 Å². The van der Waals surface area contributed by atoms with E-state index in [1.807, 2.05) is 36.4 Å². The highest BCUT2D eigenvalue weighted by molar-refractivity contribution is 5.94. The number of aliphatic carboxylic acids is 1. The van der Waals surface area contributed by atoms with Crippen LogP contribution in [0.3, 0.4) is 0 Å². The average molecular weight is 419 g/mol. The van der Waals surface area contributed by atoms with Crippen molar-refractivity contribution in [2.45, 2.75) is 18.9 Å². The van der Waals surface area contributed by atoms with E-state index in [0.717, 1.165) is 22.3 Å². The van der Waals surface area contributed by atoms with Gasteiger partial charge in [0.25, 0.3) is 5.91 Å². The van der Waals surface area contributed by atoms with E-state index in [0.29, 0.717) is 24.4 Å². The summed E-state index contributed by atoms with van der Waals surface area (Å²) in [5.74, 6) is -0.640. The van der Waals surface area contributed by atoms with E-state index in [9.17, 15) is 9.59 Å². The van der Waals surface area contributed by atoms with Crippen molar-refractivity contribution in [3.8, 4) is 17.0 Å². The van der Waals surface area contributed by atoms with Gasteiger partial charge in [0.05, 0.1) is 7.11 Å². The SMILES string of the molecule is COc1ncccc1-c1ccc(CCNC(=O)c2ccc(C[C@H](N)C(=O)O)cc2)cc1. The zero-order valence-electron chi connectivity index (χ0n) is 17.2. The van der Waals surface area contributed by atoms with Crippen LogP contribution in [0.5, 0.6) is 5.88 Å². The Kier molecular flexibility index (Phi) is 7.35. The molecule has 1 amide bonds. The first-order valence-electron chi connectivity index (χ1n) is 9.92. The number of carboxylic acids is 1. The van der Waals surface area contributed by atoms with Gasteiger partial charge in [-0.25, -0.2) is 4.98 Å². The van der Waals surface area contributed by atoms with Crippen molar-refractivity contribution >= 4 is 11.9 Å². The summed E-state index contributed by atoms with van der Waals surface area (Å²) >= 11 is 0. The van der Waals surface area contributed by atoms with Crippen molar-refractivity contribution in [1.29, 1.82) is 0 Å². The minimum absolute atomic E-state index is 0.175. The first-order valence-corrected chi connectivity index (χ1v) is 9.92. The quantitative estimate of drug-likeness (QED) is 0.491. The molecule has 0 saturated heterocycles. The number of methoxy groups -OCH3 is 1. The molecule has 0 radical (unpaired) electrons. The first-order chi connectivity index (χ1) is 15.0. The lowest BCUT2D eigenvalue weighted by atomic mass is 10.0. The molecule has 1 heterocycles. The van der Waals surface area contributed by atoms with Crippen molar-refractivity contribution < 1.29 is 19.4 Å². The minimum Gasteiger partial charge on any atom is -0.481 e. The van der Waals surface area contributed by atoms with Gasteiger partial charge in [-0.15, -0.1) is 0 Å². The number of hydrogen-bond acceptors (Lipinski definition) is 5. The molecule has 0 aliphatic carbocycles. The maximum absolute atomic E-state index is 12.3. The number of rotatable bonds is 9. The lowest BCUT2D eigenvalue weighted by Crippen LogP contribution is -2.32. The molecule has 7 heteroatoms. The predicted octanol–water partition coefficient (Wildman–Crippen LogP) is 2.68. The molecule has 0 bridgehead atoms. The molecule has 1 atom stereocenters. The van der Waals surface area contributed by atoms with Crippen LogP contribution in [0, 0.1) is 0 Å². The third-order valence-electron chi connectivity index (χ3n) is 4.92. The summed E-state index contributed by atoms with van der Waals surface area (Å²) in [4.78, 5) is 27.4. The van der Waals surface area contributed by atoms with Crippen LogP contribution in [0.25, 0.3) is 11.1 Å². The highest BCUT2D eigenvalue weighted by Gasteiger charge is 2.13. The molecule has 31 heavy (non-hydrogen) atoms. The van der Waals surface area contributed by atoms with Gasteiger partial charge in [0.1, 0.15) is 6.04 Å². The molecule has 0 unspecified atom stereocenters. The van der Waals surface area contributed by atoms with Crippen molar-refractivity contribution in [1.82, 2.24) is 10.3 Å². The summed E-state index contributed by atoms with van der Waals surface area (Å²) in [5, 5.41) is 11.8. The number of carboxylic acid groups (broad SMARTS) is 1. The highest BCUT2D eigenvalue weighted by atomic mass is 16.5. The smallest absolute Gasteiger partial charge is 0.320 e. The van der Waals surface area contributed by atoms with Crippen molar-refractivity contribution in [3.63, 3.8) is 0 Å². The van der Waals surface area contributed by atoms with Crippen LogP contribution < -0.4 is 15.8 Å². The number of nitrogens with two attached hydrogens (primary N) is 1. The number of carbonyl (C=O) groups is 2. The number of aromatic nitrogens is 1. The zero-order valence-corrected chi connectivity index (χ0v) is 17.2. The van der Waals surface area contributed by atoms with E-state index in [1.165, 1.54) is 0 Å². The fourth-order valence-electron chi connectivity index (χ4n) is 3.18. The Morgan fingerprint density at radius 3 is 2.39 bits per heavy atom. The van der Waals surface area contributed by atoms with Crippen molar-refractivity contribution in [3.05, 3.63) is 83.6 Å². The fraction of sp³-hybridized carbons (Fsp3) is 0.208. The molecule has 0 fully saturated rings. The molecule has 160 valence electrons. The molecular weight excluding hydrogens is 394 g/mol. The van der Waals surface area contributed by atoms with E-state index < -0.39 is 12.0 Å². The molecule has 3 aromatic rings. The standard InChI is InChI=1S/C24H25N3O4/c1-31-23-20(3-2-13-27-23)18-8-4-16(5-9-18)12-14-26-22(28)19-10-6-17(7-11-19)15-21(25)24(29)30/h2-11,13,21H,12,14-15,25H2,1H3,(H,26,28)(H,29,30)/t21-/m0/s1. The average Bonchev–Trinajstić information content (AvgIpc) is 2.80. The number of nitrogens with one attached hydrogen (secondary N) is 1. The number of amides is 1. The third kappa shape index (κ3) is 5.90. The number of hydrogen-bond donors (Lipinski definition) is 3. The molecule has 0 spiro atoms. The summed E-state index contributed by atoms with van der Waals surface area (Å²) < 4.78 is 5.31. The highest BCUT2D eigenvalue weighted by Crippen LogP contribution is 2.27. The zero-order chi connectivity index (χ0) is 22.2. The van der Waals surface area contributed by atoms with Crippen molar-refractivity contribution in [2.24, 2.45) is 5.73 Å². The Balaban J connectivity index is 1.52. The number of ether oxygens (including phenoxy) is 1. The largest absolute Gasteiger partial charge is 0.481 e. The van der Waals surface area contributed by atoms with Gasteiger partial charge in [0.2, 0.25) is 5.88 Å². The van der Waals surface area contributed by atoms with Crippen LogP contribution in [-0.2, 0) is 17.6 Å². The molecule has 0 saturated carbocycles. The molecule has 4 N–H and O–H groups in total. The monoisotopic (exact) mass is 419 g/mol. The van der Waals surface area contributed by atoms with E-state index in [1.54, 1.807) is 37.6 Å². The van der Waals surface area contributed by atoms with Gasteiger partial charge in [0.15, 0.2) is 0 Å². The first kappa shape index (κ1) is 22.0. The van der Waals surface area contributed by atoms with Gasteiger partial charge < -0.3 is 20.9 Å². The van der Waals surface area contributed by atoms with Gasteiger partial charge in [0, 0.05) is 23.9 Å². The van der Waals surface area contributed by atoms with Gasteiger partial charge >= 0.3 is 5.97 Å². The third-order valence-corrected chi connectivity index (χ3v) is 4.92. The number of carbonyl (C=O) groups excluding carboxylic acids is 1. The van der Waals surface area contributed by atoms with Crippen LogP contribution >= 0.6 is 0 Å². The van der Waals surface area contributed by atoms with Crippen LogP contribution in [0.4, 0.5) is 0 Å². The van der Waals surface area contributed by atoms with E-state index >= 15 is 0 Å². The van der Waals surface area contributed by atoms with Gasteiger partial charge in [-0.3, -0.25) is 9.59 Å². The van der Waals surface area contributed by atoms with Gasteiger partial charge in [-0.05, 0) is 53.8 Å². The van der Waals surface area contributed by atoms with Crippen LogP contribution in [0.15, 0.2) is 66.9 Å². The Morgan fingerprint density at radius 2 is 1.74 bits per heavy atom. The topological polar surface area (TPSA) is 115 Å². The predicted molar refractivity (Wildman–Crippen MR) is 118 cm³/mol. The second kappa shape index (κ2) is 10.4. The Labute approximate surface area is 180 Å². The second-order valence-electron chi connectivity index (χ2n) is 7.11. The summed E-state index contributed by atoms with van der Waals surface area (Å²) in [6.45, 7) is 0.500. The molecule has 1 aromatic heterocycles. The number of pyridine rings is 1. The number of benzene rings is 2. The normalized spacial score (nSPS) is 11.5. The van der Waals surface area contributed by atoms with Crippen LogP contribution in [0.2, 0.25) is 0 Å². The lowest BCUT2D eigenvalue weighted by molar-refractivity contribution is -0.138. The summed E-state index contributed by atoms with van der Waals surface area (Å²) in [6.07, 6.45) is 2.61. The van der Waals surface area contributed by atoms with Crippen LogP contribution in [0.1, 0.15) is 21.5 Å². The summed E-state index contributed by atoms with van der Waals surface area (Å²) in [5.41, 5.74) is 9.88. The lowest BCUT2D eigenvalue weighted by Gasteiger charge is -2.09. The Hall–Kier alpha value is -3.71. The van der Waals surface area contributed by atoms with E-state index in [4.69, 9.17) is 15.6 Å².